The van der Waals surface area contributed by atoms with Crippen molar-refractivity contribution in [3.05, 3.63) is 46.2 Å². The zero-order valence-electron chi connectivity index (χ0n) is 10.3. The van der Waals surface area contributed by atoms with Crippen LogP contribution in [0, 0.1) is 5.82 Å². The Morgan fingerprint density at radius 3 is 3.00 bits per heavy atom. The number of nitrogens with zero attached hydrogens (tertiary/aromatic N) is 3. The van der Waals surface area contributed by atoms with Crippen LogP contribution in [0.25, 0.3) is 0 Å². The minimum absolute atomic E-state index is 0.246. The van der Waals surface area contributed by atoms with E-state index in [0.29, 0.717) is 12.6 Å². The number of aromatic nitrogens is 3. The fourth-order valence-electron chi connectivity index (χ4n) is 1.89. The van der Waals surface area contributed by atoms with Crippen LogP contribution >= 0.6 is 15.9 Å². The fourth-order valence-corrected chi connectivity index (χ4v) is 2.37. The van der Waals surface area contributed by atoms with Crippen molar-refractivity contribution >= 4 is 15.9 Å². The normalized spacial score (nSPS) is 14.8. The number of hydrogen-bond acceptors (Lipinski definition) is 3. The lowest BCUT2D eigenvalue weighted by molar-refractivity contribution is 0.580. The first-order valence-corrected chi connectivity index (χ1v) is 7.05. The molecule has 4 nitrogen and oxygen atoms in total. The van der Waals surface area contributed by atoms with Crippen molar-refractivity contribution in [3.63, 3.8) is 0 Å². The Morgan fingerprint density at radius 2 is 2.26 bits per heavy atom. The predicted molar refractivity (Wildman–Crippen MR) is 73.1 cm³/mol. The summed E-state index contributed by atoms with van der Waals surface area (Å²) in [5, 5.41) is 7.64. The second-order valence-electron chi connectivity index (χ2n) is 4.72. The summed E-state index contributed by atoms with van der Waals surface area (Å²) in [4.78, 5) is 4.26. The second kappa shape index (κ2) is 5.38. The van der Waals surface area contributed by atoms with Crippen molar-refractivity contribution in [1.29, 1.82) is 0 Å². The van der Waals surface area contributed by atoms with Gasteiger partial charge in [-0.05, 0) is 30.5 Å². The van der Waals surface area contributed by atoms with Gasteiger partial charge < -0.3 is 5.32 Å². The van der Waals surface area contributed by atoms with Crippen LogP contribution in [-0.4, -0.2) is 20.8 Å². The average molecular weight is 325 g/mol. The van der Waals surface area contributed by atoms with Gasteiger partial charge in [0.15, 0.2) is 0 Å². The van der Waals surface area contributed by atoms with Crippen LogP contribution < -0.4 is 5.32 Å². The van der Waals surface area contributed by atoms with E-state index in [1.165, 1.54) is 25.0 Å². The van der Waals surface area contributed by atoms with Crippen molar-refractivity contribution in [1.82, 2.24) is 20.1 Å². The molecule has 0 radical (unpaired) electrons. The van der Waals surface area contributed by atoms with E-state index in [0.717, 1.165) is 22.4 Å². The van der Waals surface area contributed by atoms with Crippen LogP contribution in [0.2, 0.25) is 0 Å². The SMILES string of the molecule is Fc1ccc(Cn2ncnc2CNC2CC2)c(Br)c1. The Hall–Kier alpha value is -1.27. The molecule has 3 rings (SSSR count). The minimum atomic E-state index is -0.246. The van der Waals surface area contributed by atoms with Crippen LogP contribution in [-0.2, 0) is 13.1 Å². The standard InChI is InChI=1S/C13H14BrFN4/c14-12-5-10(15)2-1-9(12)7-19-13(17-8-18-19)6-16-11-3-4-11/h1-2,5,8,11,16H,3-4,6-7H2. The third-order valence-corrected chi connectivity index (χ3v) is 3.90. The van der Waals surface area contributed by atoms with E-state index in [-0.39, 0.29) is 5.82 Å². The van der Waals surface area contributed by atoms with Crippen molar-refractivity contribution in [2.24, 2.45) is 0 Å². The Kier molecular flexibility index (Phi) is 3.61. The summed E-state index contributed by atoms with van der Waals surface area (Å²) < 4.78 is 15.6. The van der Waals surface area contributed by atoms with E-state index >= 15 is 0 Å². The van der Waals surface area contributed by atoms with Gasteiger partial charge in [0.05, 0.1) is 13.1 Å². The fraction of sp³-hybridized carbons (Fsp3) is 0.385. The van der Waals surface area contributed by atoms with Gasteiger partial charge in [0.25, 0.3) is 0 Å². The summed E-state index contributed by atoms with van der Waals surface area (Å²) in [6, 6.07) is 5.33. The Bertz CT molecular complexity index is 580. The van der Waals surface area contributed by atoms with Crippen molar-refractivity contribution in [3.8, 4) is 0 Å². The summed E-state index contributed by atoms with van der Waals surface area (Å²) in [6.45, 7) is 1.31. The maximum atomic E-state index is 13.0. The molecule has 0 bridgehead atoms. The van der Waals surface area contributed by atoms with Crippen LogP contribution in [0.5, 0.6) is 0 Å². The molecule has 1 fully saturated rings. The zero-order chi connectivity index (χ0) is 13.2. The second-order valence-corrected chi connectivity index (χ2v) is 5.58. The molecule has 1 aromatic heterocycles. The first-order chi connectivity index (χ1) is 9.22. The highest BCUT2D eigenvalue weighted by molar-refractivity contribution is 9.10. The van der Waals surface area contributed by atoms with E-state index in [2.05, 4.69) is 31.3 Å². The van der Waals surface area contributed by atoms with E-state index in [1.54, 1.807) is 12.4 Å². The molecule has 2 aromatic rings. The van der Waals surface area contributed by atoms with Gasteiger partial charge in [-0.2, -0.15) is 5.10 Å². The van der Waals surface area contributed by atoms with Crippen LogP contribution in [0.3, 0.4) is 0 Å². The third-order valence-electron chi connectivity index (χ3n) is 3.16. The largest absolute Gasteiger partial charge is 0.307 e. The monoisotopic (exact) mass is 324 g/mol. The van der Waals surface area contributed by atoms with Gasteiger partial charge in [-0.1, -0.05) is 22.0 Å². The molecule has 1 aliphatic carbocycles. The predicted octanol–water partition coefficient (Wildman–Crippen LogP) is 2.48. The van der Waals surface area contributed by atoms with Crippen LogP contribution in [0.1, 0.15) is 24.2 Å². The molecule has 0 saturated heterocycles. The van der Waals surface area contributed by atoms with Crippen LogP contribution in [0.4, 0.5) is 4.39 Å². The molecule has 6 heteroatoms. The smallest absolute Gasteiger partial charge is 0.141 e. The Balaban J connectivity index is 1.73. The lowest BCUT2D eigenvalue weighted by Crippen LogP contribution is -2.19. The molecule has 0 aliphatic heterocycles. The van der Waals surface area contributed by atoms with Gasteiger partial charge in [-0.15, -0.1) is 0 Å². The number of hydrogen-bond donors (Lipinski definition) is 1. The van der Waals surface area contributed by atoms with Crippen LogP contribution in [0.15, 0.2) is 29.0 Å². The molecule has 1 heterocycles. The molecule has 0 amide bonds. The quantitative estimate of drug-likeness (QED) is 0.918. The molecular weight excluding hydrogens is 311 g/mol. The van der Waals surface area contributed by atoms with E-state index < -0.39 is 0 Å². The lowest BCUT2D eigenvalue weighted by atomic mass is 10.2. The van der Waals surface area contributed by atoms with Crippen molar-refractivity contribution < 1.29 is 4.39 Å². The highest BCUT2D eigenvalue weighted by Crippen LogP contribution is 2.20. The number of rotatable bonds is 5. The summed E-state index contributed by atoms with van der Waals surface area (Å²) in [5.41, 5.74) is 0.986. The number of halogens is 2. The van der Waals surface area contributed by atoms with Gasteiger partial charge in [-0.25, -0.2) is 14.1 Å². The van der Waals surface area contributed by atoms with Gasteiger partial charge >= 0.3 is 0 Å². The van der Waals surface area contributed by atoms with E-state index in [4.69, 9.17) is 0 Å². The molecule has 100 valence electrons. The molecule has 1 aromatic carbocycles. The molecule has 19 heavy (non-hydrogen) atoms. The summed E-state index contributed by atoms with van der Waals surface area (Å²) >= 11 is 3.37. The molecule has 0 spiro atoms. The minimum Gasteiger partial charge on any atom is -0.307 e. The average Bonchev–Trinajstić information content (AvgIpc) is 3.11. The van der Waals surface area contributed by atoms with Crippen molar-refractivity contribution in [2.45, 2.75) is 32.0 Å². The highest BCUT2D eigenvalue weighted by Gasteiger charge is 2.21. The topological polar surface area (TPSA) is 42.7 Å². The third kappa shape index (κ3) is 3.19. The van der Waals surface area contributed by atoms with E-state index in [9.17, 15) is 4.39 Å². The molecule has 1 saturated carbocycles. The Morgan fingerprint density at radius 1 is 1.42 bits per heavy atom. The Labute approximate surface area is 119 Å². The summed E-state index contributed by atoms with van der Waals surface area (Å²) in [6.07, 6.45) is 4.05. The number of nitrogens with one attached hydrogen (secondary N) is 1. The lowest BCUT2D eigenvalue weighted by Gasteiger charge is -2.08. The summed E-state index contributed by atoms with van der Waals surface area (Å²) in [5.74, 6) is 0.660. The molecule has 1 aliphatic rings. The first kappa shape index (κ1) is 12.7. The molecule has 0 atom stereocenters. The molecular formula is C13H14BrFN4. The zero-order valence-corrected chi connectivity index (χ0v) is 11.9. The molecule has 0 unspecified atom stereocenters. The number of benzene rings is 1. The van der Waals surface area contributed by atoms with Crippen molar-refractivity contribution in [2.75, 3.05) is 0 Å². The van der Waals surface area contributed by atoms with E-state index in [1.807, 2.05) is 4.68 Å². The van der Waals surface area contributed by atoms with Gasteiger partial charge in [-0.3, -0.25) is 0 Å². The van der Waals surface area contributed by atoms with Gasteiger partial charge in [0.2, 0.25) is 0 Å². The maximum Gasteiger partial charge on any atom is 0.141 e. The van der Waals surface area contributed by atoms with Gasteiger partial charge in [0, 0.05) is 10.5 Å². The highest BCUT2D eigenvalue weighted by atomic mass is 79.9. The maximum absolute atomic E-state index is 13.0. The summed E-state index contributed by atoms with van der Waals surface area (Å²) in [7, 11) is 0. The van der Waals surface area contributed by atoms with Gasteiger partial charge in [0.1, 0.15) is 18.0 Å². The first-order valence-electron chi connectivity index (χ1n) is 6.26. The molecule has 1 N–H and O–H groups in total.